The lowest BCUT2D eigenvalue weighted by molar-refractivity contribution is -0.123. The molecule has 9 nitrogen and oxygen atoms in total. The fraction of sp³-hybridized carbons (Fsp3) is 0.150. The van der Waals surface area contributed by atoms with E-state index in [1.165, 1.54) is 0 Å². The molecule has 4 aromatic rings. The van der Waals surface area contributed by atoms with E-state index in [4.69, 9.17) is 14.3 Å². The molecule has 0 bridgehead atoms. The Kier molecular flexibility index (Phi) is 5.98. The van der Waals surface area contributed by atoms with Crippen molar-refractivity contribution < 1.29 is 19.1 Å². The highest BCUT2D eigenvalue weighted by Crippen LogP contribution is 2.13. The summed E-state index contributed by atoms with van der Waals surface area (Å²) in [7, 11) is 0. The number of carbonyl (C=O) groups is 2. The molecular formula is C20H18N4O5. The summed E-state index contributed by atoms with van der Waals surface area (Å²) < 4.78 is 7.36. The molecule has 0 saturated heterocycles. The fourth-order valence-electron chi connectivity index (χ4n) is 2.93. The predicted octanol–water partition coefficient (Wildman–Crippen LogP) is 1.86. The SMILES string of the molecule is Cc1cc(=O)c2ccccc2n1CC(=O)NCc1nc2ncccc2o1.O=CO. The van der Waals surface area contributed by atoms with E-state index in [1.54, 1.807) is 30.5 Å². The number of carboxylic acid groups (broad SMARTS) is 1. The number of rotatable bonds is 4. The lowest BCUT2D eigenvalue weighted by Gasteiger charge is -2.14. The number of para-hydroxylation sites is 1. The molecule has 4 rings (SSSR count). The molecule has 9 heteroatoms. The van der Waals surface area contributed by atoms with Gasteiger partial charge in [0.25, 0.3) is 6.47 Å². The van der Waals surface area contributed by atoms with E-state index in [0.717, 1.165) is 11.2 Å². The van der Waals surface area contributed by atoms with Crippen LogP contribution in [0.2, 0.25) is 0 Å². The number of pyridine rings is 2. The predicted molar refractivity (Wildman–Crippen MR) is 105 cm³/mol. The van der Waals surface area contributed by atoms with Crippen molar-refractivity contribution in [2.75, 3.05) is 0 Å². The van der Waals surface area contributed by atoms with Gasteiger partial charge < -0.3 is 19.4 Å². The lowest BCUT2D eigenvalue weighted by atomic mass is 10.2. The summed E-state index contributed by atoms with van der Waals surface area (Å²) >= 11 is 0. The number of nitrogens with one attached hydrogen (secondary N) is 1. The third-order valence-corrected chi connectivity index (χ3v) is 4.17. The second kappa shape index (κ2) is 8.79. The summed E-state index contributed by atoms with van der Waals surface area (Å²) in [6.07, 6.45) is 1.64. The van der Waals surface area contributed by atoms with Crippen LogP contribution in [0.15, 0.2) is 57.9 Å². The third kappa shape index (κ3) is 4.46. The molecule has 1 aromatic carbocycles. The maximum absolute atomic E-state index is 12.4. The van der Waals surface area contributed by atoms with Gasteiger partial charge in [0.1, 0.15) is 6.54 Å². The molecule has 0 fully saturated rings. The van der Waals surface area contributed by atoms with Crippen LogP contribution in [-0.4, -0.2) is 32.0 Å². The van der Waals surface area contributed by atoms with E-state index < -0.39 is 0 Å². The van der Waals surface area contributed by atoms with Crippen LogP contribution < -0.4 is 10.7 Å². The zero-order chi connectivity index (χ0) is 20.8. The highest BCUT2D eigenvalue weighted by molar-refractivity contribution is 5.82. The highest BCUT2D eigenvalue weighted by atomic mass is 16.4. The van der Waals surface area contributed by atoms with Gasteiger partial charge >= 0.3 is 0 Å². The van der Waals surface area contributed by atoms with Crippen LogP contribution in [-0.2, 0) is 22.7 Å². The van der Waals surface area contributed by atoms with Gasteiger partial charge in [0.2, 0.25) is 11.8 Å². The number of hydrogen-bond donors (Lipinski definition) is 2. The smallest absolute Gasteiger partial charge is 0.290 e. The molecule has 0 spiro atoms. The van der Waals surface area contributed by atoms with Gasteiger partial charge in [-0.1, -0.05) is 12.1 Å². The van der Waals surface area contributed by atoms with E-state index in [9.17, 15) is 9.59 Å². The Labute approximate surface area is 164 Å². The number of aromatic nitrogens is 3. The van der Waals surface area contributed by atoms with Gasteiger partial charge in [-0.3, -0.25) is 14.4 Å². The summed E-state index contributed by atoms with van der Waals surface area (Å²) in [5.41, 5.74) is 2.51. The number of benzene rings is 1. The first kappa shape index (κ1) is 19.7. The van der Waals surface area contributed by atoms with Gasteiger partial charge in [-0.25, -0.2) is 4.98 Å². The molecule has 3 aromatic heterocycles. The van der Waals surface area contributed by atoms with Crippen molar-refractivity contribution in [3.05, 3.63) is 70.5 Å². The summed E-state index contributed by atoms with van der Waals surface area (Å²) in [5, 5.41) is 10.3. The average molecular weight is 394 g/mol. The quantitative estimate of drug-likeness (QED) is 0.506. The van der Waals surface area contributed by atoms with E-state index in [2.05, 4.69) is 15.3 Å². The second-order valence-corrected chi connectivity index (χ2v) is 6.07. The number of aryl methyl sites for hydroxylation is 1. The van der Waals surface area contributed by atoms with Crippen molar-refractivity contribution in [1.82, 2.24) is 19.9 Å². The molecule has 0 aliphatic carbocycles. The molecule has 148 valence electrons. The molecule has 29 heavy (non-hydrogen) atoms. The number of carbonyl (C=O) groups excluding carboxylic acids is 1. The van der Waals surface area contributed by atoms with Crippen LogP contribution in [0, 0.1) is 6.92 Å². The molecule has 0 radical (unpaired) electrons. The standard InChI is InChI=1S/C19H16N4O3.CH2O2/c1-12-9-15(24)13-5-2-3-6-14(13)23(12)11-17(25)21-10-18-22-19-16(26-18)7-4-8-20-19;2-1-3/h2-9H,10-11H2,1H3,(H,21,25);1H,(H,2,3). The Morgan fingerprint density at radius 1 is 1.28 bits per heavy atom. The molecule has 1 amide bonds. The van der Waals surface area contributed by atoms with Crippen LogP contribution in [0.4, 0.5) is 0 Å². The van der Waals surface area contributed by atoms with Crippen LogP contribution in [0.25, 0.3) is 22.1 Å². The highest BCUT2D eigenvalue weighted by Gasteiger charge is 2.11. The van der Waals surface area contributed by atoms with Gasteiger partial charge in [-0.05, 0) is 31.2 Å². The maximum atomic E-state index is 12.4. The van der Waals surface area contributed by atoms with Crippen LogP contribution in [0.3, 0.4) is 0 Å². The number of nitrogens with zero attached hydrogens (tertiary/aromatic N) is 3. The van der Waals surface area contributed by atoms with Gasteiger partial charge in [0, 0.05) is 23.3 Å². The Balaban J connectivity index is 0.000000755. The van der Waals surface area contributed by atoms with Gasteiger partial charge in [0.15, 0.2) is 16.7 Å². The van der Waals surface area contributed by atoms with Gasteiger partial charge in [0.05, 0.1) is 12.1 Å². The molecule has 3 heterocycles. The van der Waals surface area contributed by atoms with E-state index >= 15 is 0 Å². The van der Waals surface area contributed by atoms with E-state index in [0.29, 0.717) is 22.5 Å². The van der Waals surface area contributed by atoms with Gasteiger partial charge in [-0.15, -0.1) is 0 Å². The number of oxazole rings is 1. The normalized spacial score (nSPS) is 10.4. The average Bonchev–Trinajstić information content (AvgIpc) is 3.13. The van der Waals surface area contributed by atoms with Crippen molar-refractivity contribution >= 4 is 34.5 Å². The van der Waals surface area contributed by atoms with Crippen molar-refractivity contribution in [2.45, 2.75) is 20.0 Å². The van der Waals surface area contributed by atoms with Crippen molar-refractivity contribution in [2.24, 2.45) is 0 Å². The van der Waals surface area contributed by atoms with Crippen molar-refractivity contribution in [3.63, 3.8) is 0 Å². The summed E-state index contributed by atoms with van der Waals surface area (Å²) in [6.45, 7) is 1.84. The minimum absolute atomic E-state index is 0.0475. The van der Waals surface area contributed by atoms with Crippen LogP contribution in [0.1, 0.15) is 11.6 Å². The number of hydrogen-bond acceptors (Lipinski definition) is 6. The largest absolute Gasteiger partial charge is 0.483 e. The van der Waals surface area contributed by atoms with Crippen molar-refractivity contribution in [3.8, 4) is 0 Å². The molecule has 0 unspecified atom stereocenters. The number of fused-ring (bicyclic) bond motifs is 2. The number of amides is 1. The molecule has 2 N–H and O–H groups in total. The Morgan fingerprint density at radius 2 is 2.03 bits per heavy atom. The molecule has 0 atom stereocenters. The van der Waals surface area contributed by atoms with Crippen molar-refractivity contribution in [1.29, 1.82) is 0 Å². The Hall–Kier alpha value is -4.01. The monoisotopic (exact) mass is 394 g/mol. The fourth-order valence-corrected chi connectivity index (χ4v) is 2.93. The molecular weight excluding hydrogens is 376 g/mol. The minimum atomic E-state index is -0.250. The third-order valence-electron chi connectivity index (χ3n) is 4.17. The Bertz CT molecular complexity index is 1200. The molecule has 0 aliphatic heterocycles. The first-order valence-corrected chi connectivity index (χ1v) is 8.67. The summed E-state index contributed by atoms with van der Waals surface area (Å²) in [6, 6.07) is 12.3. The summed E-state index contributed by atoms with van der Waals surface area (Å²) in [4.78, 5) is 41.2. The zero-order valence-electron chi connectivity index (χ0n) is 15.5. The molecule has 0 saturated carbocycles. The van der Waals surface area contributed by atoms with E-state index in [-0.39, 0.29) is 30.9 Å². The minimum Gasteiger partial charge on any atom is -0.483 e. The topological polar surface area (TPSA) is 127 Å². The second-order valence-electron chi connectivity index (χ2n) is 6.07. The van der Waals surface area contributed by atoms with Gasteiger partial charge in [-0.2, -0.15) is 4.98 Å². The first-order chi connectivity index (χ1) is 14.0. The summed E-state index contributed by atoms with van der Waals surface area (Å²) in [5.74, 6) is 0.200. The first-order valence-electron chi connectivity index (χ1n) is 8.67. The van der Waals surface area contributed by atoms with E-state index in [1.807, 2.05) is 29.7 Å². The lowest BCUT2D eigenvalue weighted by Crippen LogP contribution is -2.28. The van der Waals surface area contributed by atoms with Crippen LogP contribution >= 0.6 is 0 Å². The Morgan fingerprint density at radius 3 is 2.79 bits per heavy atom. The zero-order valence-corrected chi connectivity index (χ0v) is 15.5. The molecule has 0 aliphatic rings. The maximum Gasteiger partial charge on any atom is 0.290 e. The van der Waals surface area contributed by atoms with Crippen LogP contribution in [0.5, 0.6) is 0 Å².